The van der Waals surface area contributed by atoms with Gasteiger partial charge < -0.3 is 0 Å². The number of carbonyl (C=O) groups is 1. The molecule has 0 unspecified atom stereocenters. The number of benzene rings is 2. The van der Waals surface area contributed by atoms with Crippen molar-refractivity contribution in [2.45, 2.75) is 12.3 Å². The van der Waals surface area contributed by atoms with Crippen LogP contribution in [0.5, 0.6) is 0 Å². The molecule has 0 aliphatic heterocycles. The van der Waals surface area contributed by atoms with E-state index >= 15 is 0 Å². The Morgan fingerprint density at radius 2 is 1.30 bits per heavy atom. The van der Waals surface area contributed by atoms with Gasteiger partial charge in [-0.2, -0.15) is 5.26 Å². The average Bonchev–Trinajstić information content (AvgIpc) is 2.43. The second-order valence-corrected chi connectivity index (χ2v) is 4.43. The third-order valence-corrected chi connectivity index (χ3v) is 3.25. The molecular formula is C16H11F2NO. The molecular weight excluding hydrogens is 260 g/mol. The number of nitriles is 1. The van der Waals surface area contributed by atoms with Crippen molar-refractivity contribution in [1.29, 1.82) is 5.26 Å². The Morgan fingerprint density at radius 3 is 1.55 bits per heavy atom. The maximum absolute atomic E-state index is 13.0. The molecule has 0 aliphatic rings. The van der Waals surface area contributed by atoms with E-state index in [2.05, 4.69) is 0 Å². The van der Waals surface area contributed by atoms with Crippen LogP contribution in [0.15, 0.2) is 48.5 Å². The monoisotopic (exact) mass is 271 g/mol. The van der Waals surface area contributed by atoms with Gasteiger partial charge in [-0.25, -0.2) is 8.78 Å². The number of nitrogens with zero attached hydrogens (tertiary/aromatic N) is 1. The second kappa shape index (κ2) is 5.22. The summed E-state index contributed by atoms with van der Waals surface area (Å²) in [6, 6.07) is 12.3. The van der Waals surface area contributed by atoms with E-state index in [1.807, 2.05) is 6.07 Å². The fourth-order valence-corrected chi connectivity index (χ4v) is 2.18. The number of Topliss-reactive ketones (excluding diaryl/α,β-unsaturated/α-hetero) is 1. The molecule has 0 aliphatic carbocycles. The van der Waals surface area contributed by atoms with Gasteiger partial charge in [0.25, 0.3) is 0 Å². The molecule has 2 aromatic carbocycles. The molecule has 0 fully saturated rings. The maximum Gasteiger partial charge on any atom is 0.165 e. The highest BCUT2D eigenvalue weighted by molar-refractivity contribution is 5.95. The lowest BCUT2D eigenvalue weighted by Crippen LogP contribution is -2.34. The zero-order valence-electron chi connectivity index (χ0n) is 10.7. The number of ketones is 1. The van der Waals surface area contributed by atoms with Crippen LogP contribution in [0, 0.1) is 23.0 Å². The van der Waals surface area contributed by atoms with Crippen LogP contribution in [0.4, 0.5) is 8.78 Å². The number of rotatable bonds is 3. The van der Waals surface area contributed by atoms with Crippen LogP contribution in [0.25, 0.3) is 0 Å². The van der Waals surface area contributed by atoms with Crippen molar-refractivity contribution in [3.63, 3.8) is 0 Å². The molecule has 0 N–H and O–H groups in total. The van der Waals surface area contributed by atoms with Crippen LogP contribution in [0.3, 0.4) is 0 Å². The van der Waals surface area contributed by atoms with E-state index in [9.17, 15) is 18.8 Å². The summed E-state index contributed by atoms with van der Waals surface area (Å²) in [7, 11) is 0. The van der Waals surface area contributed by atoms with E-state index in [1.165, 1.54) is 55.5 Å². The Morgan fingerprint density at radius 1 is 0.950 bits per heavy atom. The maximum atomic E-state index is 13.0. The highest BCUT2D eigenvalue weighted by atomic mass is 19.1. The molecule has 0 radical (unpaired) electrons. The van der Waals surface area contributed by atoms with E-state index < -0.39 is 22.8 Å². The first-order valence-corrected chi connectivity index (χ1v) is 5.95. The summed E-state index contributed by atoms with van der Waals surface area (Å²) in [5.74, 6) is -1.32. The average molecular weight is 271 g/mol. The van der Waals surface area contributed by atoms with Crippen LogP contribution in [-0.2, 0) is 10.2 Å². The van der Waals surface area contributed by atoms with Gasteiger partial charge in [0.05, 0.1) is 6.07 Å². The first-order chi connectivity index (χ1) is 9.50. The molecule has 2 aromatic rings. The lowest BCUT2D eigenvalue weighted by molar-refractivity contribution is -0.119. The Bertz CT molecular complexity index is 624. The lowest BCUT2D eigenvalue weighted by Gasteiger charge is -2.24. The van der Waals surface area contributed by atoms with Crippen LogP contribution < -0.4 is 0 Å². The predicted molar refractivity (Wildman–Crippen MR) is 69.9 cm³/mol. The van der Waals surface area contributed by atoms with E-state index in [0.29, 0.717) is 11.1 Å². The topological polar surface area (TPSA) is 40.9 Å². The standard InChI is InChI=1S/C16H11F2NO/c1-11(20)16(10-19,12-2-6-14(17)7-3-12)13-4-8-15(18)9-5-13/h2-9H,1H3. The Kier molecular flexibility index (Phi) is 3.62. The van der Waals surface area contributed by atoms with Crippen LogP contribution >= 0.6 is 0 Å². The second-order valence-electron chi connectivity index (χ2n) is 4.43. The van der Waals surface area contributed by atoms with Crippen molar-refractivity contribution >= 4 is 5.78 Å². The third-order valence-electron chi connectivity index (χ3n) is 3.25. The van der Waals surface area contributed by atoms with Crippen LogP contribution in [0.1, 0.15) is 18.1 Å². The van der Waals surface area contributed by atoms with E-state index in [0.717, 1.165) is 0 Å². The van der Waals surface area contributed by atoms with Gasteiger partial charge in [-0.15, -0.1) is 0 Å². The third kappa shape index (κ3) is 2.19. The molecule has 20 heavy (non-hydrogen) atoms. The van der Waals surface area contributed by atoms with Crippen molar-refractivity contribution in [3.8, 4) is 6.07 Å². The summed E-state index contributed by atoms with van der Waals surface area (Å²) in [6.07, 6.45) is 0. The van der Waals surface area contributed by atoms with Gasteiger partial charge in [0.1, 0.15) is 11.6 Å². The minimum Gasteiger partial charge on any atom is -0.297 e. The number of hydrogen-bond donors (Lipinski definition) is 0. The highest BCUT2D eigenvalue weighted by Gasteiger charge is 2.39. The van der Waals surface area contributed by atoms with Crippen molar-refractivity contribution in [3.05, 3.63) is 71.3 Å². The smallest absolute Gasteiger partial charge is 0.165 e. The summed E-state index contributed by atoms with van der Waals surface area (Å²) in [4.78, 5) is 12.1. The Balaban J connectivity index is 2.68. The van der Waals surface area contributed by atoms with Gasteiger partial charge in [0.2, 0.25) is 0 Å². The summed E-state index contributed by atoms with van der Waals surface area (Å²) in [5, 5.41) is 9.53. The van der Waals surface area contributed by atoms with Crippen LogP contribution in [0.2, 0.25) is 0 Å². The fourth-order valence-electron chi connectivity index (χ4n) is 2.18. The van der Waals surface area contributed by atoms with Gasteiger partial charge in [-0.3, -0.25) is 4.79 Å². The zero-order chi connectivity index (χ0) is 14.8. The van der Waals surface area contributed by atoms with Crippen molar-refractivity contribution in [2.75, 3.05) is 0 Å². The van der Waals surface area contributed by atoms with E-state index in [1.54, 1.807) is 0 Å². The van der Waals surface area contributed by atoms with Gasteiger partial charge in [-0.05, 0) is 42.3 Å². The fraction of sp³-hybridized carbons (Fsp3) is 0.125. The van der Waals surface area contributed by atoms with E-state index in [-0.39, 0.29) is 0 Å². The predicted octanol–water partition coefficient (Wildman–Crippen LogP) is 3.36. The molecule has 0 atom stereocenters. The molecule has 0 saturated heterocycles. The first kappa shape index (κ1) is 13.9. The normalized spacial score (nSPS) is 10.9. The number of hydrogen-bond acceptors (Lipinski definition) is 2. The summed E-state index contributed by atoms with van der Waals surface area (Å²) in [5.41, 5.74) is -0.831. The largest absolute Gasteiger partial charge is 0.297 e. The van der Waals surface area contributed by atoms with E-state index in [4.69, 9.17) is 0 Å². The molecule has 2 rings (SSSR count). The summed E-state index contributed by atoms with van der Waals surface area (Å²) in [6.45, 7) is 1.29. The molecule has 0 spiro atoms. The van der Waals surface area contributed by atoms with Crippen molar-refractivity contribution < 1.29 is 13.6 Å². The van der Waals surface area contributed by atoms with Gasteiger partial charge in [0, 0.05) is 0 Å². The molecule has 0 heterocycles. The van der Waals surface area contributed by atoms with Gasteiger partial charge in [0.15, 0.2) is 11.2 Å². The molecule has 0 bridgehead atoms. The number of halogens is 2. The molecule has 4 heteroatoms. The molecule has 0 saturated carbocycles. The highest BCUT2D eigenvalue weighted by Crippen LogP contribution is 2.33. The van der Waals surface area contributed by atoms with Gasteiger partial charge in [-0.1, -0.05) is 24.3 Å². The van der Waals surface area contributed by atoms with Crippen molar-refractivity contribution in [1.82, 2.24) is 0 Å². The number of carbonyl (C=O) groups excluding carboxylic acids is 1. The SMILES string of the molecule is CC(=O)C(C#N)(c1ccc(F)cc1)c1ccc(F)cc1. The minimum absolute atomic E-state index is 0.362. The molecule has 2 nitrogen and oxygen atoms in total. The van der Waals surface area contributed by atoms with Gasteiger partial charge >= 0.3 is 0 Å². The summed E-state index contributed by atoms with van der Waals surface area (Å²) < 4.78 is 26.0. The van der Waals surface area contributed by atoms with Crippen molar-refractivity contribution in [2.24, 2.45) is 0 Å². The molecule has 100 valence electrons. The Labute approximate surface area is 115 Å². The lowest BCUT2D eigenvalue weighted by atomic mass is 9.73. The van der Waals surface area contributed by atoms with Crippen LogP contribution in [-0.4, -0.2) is 5.78 Å². The minimum atomic E-state index is -1.55. The first-order valence-electron chi connectivity index (χ1n) is 5.95. The molecule has 0 amide bonds. The quantitative estimate of drug-likeness (QED) is 0.858. The Hall–Kier alpha value is -2.54. The molecule has 0 aromatic heterocycles. The summed E-state index contributed by atoms with van der Waals surface area (Å²) >= 11 is 0. The zero-order valence-corrected chi connectivity index (χ0v) is 10.7.